The Balaban J connectivity index is 2.50. The van der Waals surface area contributed by atoms with E-state index in [2.05, 4.69) is 14.8 Å². The van der Waals surface area contributed by atoms with Gasteiger partial charge in [-0.3, -0.25) is 0 Å². The van der Waals surface area contributed by atoms with Crippen molar-refractivity contribution in [3.8, 4) is 0 Å². The molecule has 0 bridgehead atoms. The van der Waals surface area contributed by atoms with Crippen LogP contribution in [-0.2, 0) is 19.6 Å². The van der Waals surface area contributed by atoms with E-state index in [0.717, 1.165) is 6.26 Å². The van der Waals surface area contributed by atoms with Crippen LogP contribution in [0.2, 0.25) is 0 Å². The van der Waals surface area contributed by atoms with Gasteiger partial charge < -0.3 is 9.99 Å². The van der Waals surface area contributed by atoms with Crippen molar-refractivity contribution in [1.82, 2.24) is 0 Å². The molecular weight excluding hydrogens is 128 g/mol. The number of carboxylic acids is 1. The number of hydrogen-bond acceptors (Lipinski definition) is 4. The Bertz CT molecular complexity index is 140. The maximum Gasteiger partial charge on any atom is 0.340 e. The zero-order chi connectivity index (χ0) is 6.69. The van der Waals surface area contributed by atoms with Crippen LogP contribution in [0.5, 0.6) is 0 Å². The first-order valence-electron chi connectivity index (χ1n) is 2.19. The average molecular weight is 132 g/mol. The lowest BCUT2D eigenvalue weighted by molar-refractivity contribution is -0.504. The molecule has 1 aliphatic heterocycles. The summed E-state index contributed by atoms with van der Waals surface area (Å²) in [5.74, 6) is -1.12. The van der Waals surface area contributed by atoms with Crippen LogP contribution in [0, 0.1) is 0 Å². The third-order valence-electron chi connectivity index (χ3n) is 0.735. The van der Waals surface area contributed by atoms with E-state index in [-0.39, 0.29) is 0 Å². The highest BCUT2D eigenvalue weighted by Gasteiger charge is 2.18. The second-order valence-electron chi connectivity index (χ2n) is 1.35. The number of rotatable bonds is 1. The molecule has 0 amide bonds. The fourth-order valence-corrected chi connectivity index (χ4v) is 0.347. The predicted octanol–water partition coefficient (Wildman–Crippen LogP) is -0.153. The van der Waals surface area contributed by atoms with Crippen LogP contribution >= 0.6 is 0 Å². The van der Waals surface area contributed by atoms with Gasteiger partial charge in [0, 0.05) is 0 Å². The molecule has 5 nitrogen and oxygen atoms in total. The zero-order valence-corrected chi connectivity index (χ0v) is 4.31. The Morgan fingerprint density at radius 2 is 2.44 bits per heavy atom. The number of aliphatic carboxylic acids is 1. The Morgan fingerprint density at radius 3 is 2.78 bits per heavy atom. The number of hydrogen-bond donors (Lipinski definition) is 1. The average Bonchev–Trinajstić information content (AvgIpc) is 1.90. The van der Waals surface area contributed by atoms with Crippen molar-refractivity contribution in [3.05, 3.63) is 12.3 Å². The van der Waals surface area contributed by atoms with E-state index in [9.17, 15) is 4.79 Å². The highest BCUT2D eigenvalue weighted by molar-refractivity contribution is 5.74. The minimum absolute atomic E-state index is 1.06. The SMILES string of the molecule is O=C(O)C1C=COOO1. The Labute approximate surface area is 50.3 Å². The minimum Gasteiger partial charge on any atom is -0.479 e. The standard InChI is InChI=1S/C4H4O5/c5-4(6)3-1-2-7-9-8-3/h1-3H,(H,5,6). The first kappa shape index (κ1) is 6.06. The molecule has 0 fully saturated rings. The van der Waals surface area contributed by atoms with Crippen LogP contribution in [0.1, 0.15) is 0 Å². The molecule has 1 unspecified atom stereocenters. The summed E-state index contributed by atoms with van der Waals surface area (Å²) in [5, 5.41) is 12.1. The van der Waals surface area contributed by atoms with E-state index in [1.165, 1.54) is 6.08 Å². The smallest absolute Gasteiger partial charge is 0.340 e. The fraction of sp³-hybridized carbons (Fsp3) is 0.250. The van der Waals surface area contributed by atoms with Crippen LogP contribution in [0.3, 0.4) is 0 Å². The number of carboxylic acid groups (broad SMARTS) is 1. The van der Waals surface area contributed by atoms with Gasteiger partial charge in [0.05, 0.1) is 0 Å². The normalized spacial score (nSPS) is 25.1. The zero-order valence-electron chi connectivity index (χ0n) is 4.31. The molecule has 50 valence electrons. The van der Waals surface area contributed by atoms with Gasteiger partial charge >= 0.3 is 5.97 Å². The van der Waals surface area contributed by atoms with Gasteiger partial charge in [-0.05, 0) is 11.1 Å². The first-order valence-corrected chi connectivity index (χ1v) is 2.19. The van der Waals surface area contributed by atoms with Crippen molar-refractivity contribution in [1.29, 1.82) is 0 Å². The second-order valence-corrected chi connectivity index (χ2v) is 1.35. The lowest BCUT2D eigenvalue weighted by Crippen LogP contribution is -2.23. The van der Waals surface area contributed by atoms with E-state index >= 15 is 0 Å². The third-order valence-corrected chi connectivity index (χ3v) is 0.735. The second kappa shape index (κ2) is 2.47. The van der Waals surface area contributed by atoms with Gasteiger partial charge in [0.1, 0.15) is 6.26 Å². The molecule has 0 aliphatic carbocycles. The summed E-state index contributed by atoms with van der Waals surface area (Å²) in [6.45, 7) is 0. The maximum absolute atomic E-state index is 10.0. The van der Waals surface area contributed by atoms with Gasteiger partial charge in [-0.15, -0.1) is 0 Å². The molecule has 0 aromatic carbocycles. The quantitative estimate of drug-likeness (QED) is 0.502. The predicted molar refractivity (Wildman–Crippen MR) is 23.8 cm³/mol. The molecular formula is C4H4O5. The molecule has 0 saturated heterocycles. The van der Waals surface area contributed by atoms with E-state index in [0.29, 0.717) is 0 Å². The summed E-state index contributed by atoms with van der Waals surface area (Å²) in [4.78, 5) is 18.3. The molecule has 0 aromatic rings. The van der Waals surface area contributed by atoms with Crippen LogP contribution in [0.25, 0.3) is 0 Å². The van der Waals surface area contributed by atoms with E-state index in [4.69, 9.17) is 5.11 Å². The Hall–Kier alpha value is -1.07. The summed E-state index contributed by atoms with van der Waals surface area (Å²) in [7, 11) is 0. The van der Waals surface area contributed by atoms with Gasteiger partial charge in [0.25, 0.3) is 0 Å². The third kappa shape index (κ3) is 1.41. The summed E-state index contributed by atoms with van der Waals surface area (Å²) < 4.78 is 0. The lowest BCUT2D eigenvalue weighted by Gasteiger charge is -2.09. The first-order chi connectivity index (χ1) is 4.30. The molecule has 9 heavy (non-hydrogen) atoms. The summed E-state index contributed by atoms with van der Waals surface area (Å²) in [6, 6.07) is 0. The lowest BCUT2D eigenvalue weighted by atomic mass is 10.4. The van der Waals surface area contributed by atoms with Crippen LogP contribution in [-0.4, -0.2) is 17.2 Å². The van der Waals surface area contributed by atoms with Gasteiger partial charge in [0.15, 0.2) is 0 Å². The monoisotopic (exact) mass is 132 g/mol. The highest BCUT2D eigenvalue weighted by atomic mass is 17.5. The van der Waals surface area contributed by atoms with Crippen LogP contribution in [0.4, 0.5) is 0 Å². The molecule has 0 spiro atoms. The van der Waals surface area contributed by atoms with E-state index in [1.54, 1.807) is 0 Å². The molecule has 1 aliphatic rings. The number of carbonyl (C=O) groups is 1. The van der Waals surface area contributed by atoms with Gasteiger partial charge in [-0.2, -0.15) is 4.89 Å². The van der Waals surface area contributed by atoms with Crippen LogP contribution < -0.4 is 0 Å². The molecule has 1 N–H and O–H groups in total. The highest BCUT2D eigenvalue weighted by Crippen LogP contribution is 2.02. The minimum atomic E-state index is -1.12. The Morgan fingerprint density at radius 1 is 1.67 bits per heavy atom. The molecule has 0 aromatic heterocycles. The van der Waals surface area contributed by atoms with Crippen LogP contribution in [0.15, 0.2) is 12.3 Å². The fourth-order valence-electron chi connectivity index (χ4n) is 0.347. The van der Waals surface area contributed by atoms with Crippen molar-refractivity contribution in [2.24, 2.45) is 0 Å². The largest absolute Gasteiger partial charge is 0.479 e. The summed E-state index contributed by atoms with van der Waals surface area (Å²) in [6.07, 6.45) is 1.26. The van der Waals surface area contributed by atoms with Crippen molar-refractivity contribution in [2.45, 2.75) is 6.10 Å². The van der Waals surface area contributed by atoms with Crippen molar-refractivity contribution >= 4 is 5.97 Å². The van der Waals surface area contributed by atoms with Gasteiger partial charge in [-0.25, -0.2) is 4.79 Å². The molecule has 1 heterocycles. The van der Waals surface area contributed by atoms with Crippen molar-refractivity contribution in [3.63, 3.8) is 0 Å². The summed E-state index contributed by atoms with van der Waals surface area (Å²) in [5.41, 5.74) is 0. The summed E-state index contributed by atoms with van der Waals surface area (Å²) >= 11 is 0. The topological polar surface area (TPSA) is 65.0 Å². The van der Waals surface area contributed by atoms with Gasteiger partial charge in [-0.1, -0.05) is 0 Å². The molecule has 0 saturated carbocycles. The van der Waals surface area contributed by atoms with Crippen molar-refractivity contribution in [2.75, 3.05) is 0 Å². The van der Waals surface area contributed by atoms with E-state index < -0.39 is 12.1 Å². The maximum atomic E-state index is 10.0. The Kier molecular flexibility index (Phi) is 1.66. The molecule has 1 rings (SSSR count). The van der Waals surface area contributed by atoms with Gasteiger partial charge in [0.2, 0.25) is 6.10 Å². The molecule has 1 atom stereocenters. The van der Waals surface area contributed by atoms with Crippen molar-refractivity contribution < 1.29 is 24.7 Å². The van der Waals surface area contributed by atoms with E-state index in [1.807, 2.05) is 0 Å². The molecule has 0 radical (unpaired) electrons. The molecule has 5 heteroatoms.